The van der Waals surface area contributed by atoms with E-state index in [2.05, 4.69) is 9.71 Å². The smallest absolute Gasteiger partial charge is 0.296 e. The lowest BCUT2D eigenvalue weighted by atomic mass is 10.0. The Morgan fingerprint density at radius 3 is 2.65 bits per heavy atom. The third-order valence-electron chi connectivity index (χ3n) is 3.29. The van der Waals surface area contributed by atoms with Crippen molar-refractivity contribution in [3.8, 4) is 16.9 Å². The van der Waals surface area contributed by atoms with E-state index in [1.54, 1.807) is 48.7 Å². The molecule has 0 spiro atoms. The maximum atomic E-state index is 11.1. The highest BCUT2D eigenvalue weighted by atomic mass is 32.2. The minimum Gasteiger partial charge on any atom is -0.497 e. The second kappa shape index (κ2) is 5.86. The number of nitrogens with two attached hydrogens (primary N) is 1. The molecule has 2 aromatic carbocycles. The largest absolute Gasteiger partial charge is 0.497 e. The van der Waals surface area contributed by atoms with Crippen molar-refractivity contribution < 1.29 is 17.3 Å². The van der Waals surface area contributed by atoms with Crippen LogP contribution in [-0.2, 0) is 10.2 Å². The van der Waals surface area contributed by atoms with Gasteiger partial charge < -0.3 is 4.74 Å². The zero-order valence-electron chi connectivity index (χ0n) is 14.9. The van der Waals surface area contributed by atoms with E-state index in [0.717, 1.165) is 16.5 Å². The fraction of sp³-hybridized carbons (Fsp3) is 0.0625. The minimum absolute atomic E-state index is 0.204. The van der Waals surface area contributed by atoms with Gasteiger partial charge in [-0.15, -0.1) is 0 Å². The molecule has 6 nitrogen and oxygen atoms in total. The summed E-state index contributed by atoms with van der Waals surface area (Å²) in [5, 5.41) is 5.75. The Morgan fingerprint density at radius 2 is 1.96 bits per heavy atom. The van der Waals surface area contributed by atoms with Gasteiger partial charge in [0.15, 0.2) is 0 Å². The average Bonchev–Trinajstić information content (AvgIpc) is 2.52. The van der Waals surface area contributed by atoms with Crippen LogP contribution in [0.4, 0.5) is 5.69 Å². The number of nitrogens with zero attached hydrogens (tertiary/aromatic N) is 1. The molecule has 118 valence electrons. The van der Waals surface area contributed by atoms with Crippen molar-refractivity contribution in [2.45, 2.75) is 0 Å². The Labute approximate surface area is 138 Å². The van der Waals surface area contributed by atoms with Crippen LogP contribution in [0.3, 0.4) is 0 Å². The fourth-order valence-corrected chi connectivity index (χ4v) is 2.79. The summed E-state index contributed by atoms with van der Waals surface area (Å²) >= 11 is 0. The van der Waals surface area contributed by atoms with Gasteiger partial charge in [0, 0.05) is 23.3 Å². The van der Waals surface area contributed by atoms with E-state index in [1.807, 2.05) is 6.07 Å². The highest BCUT2D eigenvalue weighted by molar-refractivity contribution is 7.90. The van der Waals surface area contributed by atoms with Crippen LogP contribution in [0.5, 0.6) is 5.75 Å². The average molecular weight is 332 g/mol. The number of hydrogen-bond acceptors (Lipinski definition) is 4. The third kappa shape index (κ3) is 3.41. The van der Waals surface area contributed by atoms with Gasteiger partial charge in [0.05, 0.1) is 16.7 Å². The van der Waals surface area contributed by atoms with E-state index < -0.39 is 17.2 Å². The molecule has 7 heteroatoms. The number of hydrogen-bond donors (Lipinski definition) is 2. The van der Waals surface area contributed by atoms with Gasteiger partial charge in [0.2, 0.25) is 0 Å². The summed E-state index contributed by atoms with van der Waals surface area (Å²) in [4.78, 5) is 4.25. The molecule has 0 amide bonds. The van der Waals surface area contributed by atoms with Gasteiger partial charge >= 0.3 is 0 Å². The normalized spacial score (nSPS) is 13.9. The lowest BCUT2D eigenvalue weighted by Gasteiger charge is -2.09. The van der Waals surface area contributed by atoms with Crippen LogP contribution in [0.1, 0.15) is 4.11 Å². The van der Waals surface area contributed by atoms with Crippen molar-refractivity contribution in [1.29, 1.82) is 0 Å². The van der Waals surface area contributed by atoms with Crippen LogP contribution < -0.4 is 14.6 Å². The molecule has 23 heavy (non-hydrogen) atoms. The highest BCUT2D eigenvalue weighted by Crippen LogP contribution is 2.30. The summed E-state index contributed by atoms with van der Waals surface area (Å²) in [6, 6.07) is 13.4. The minimum atomic E-state index is -3.83. The Hall–Kier alpha value is -2.64. The summed E-state index contributed by atoms with van der Waals surface area (Å²) in [6.07, 6.45) is 1.60. The van der Waals surface area contributed by atoms with Crippen molar-refractivity contribution in [2.75, 3.05) is 11.8 Å². The fourth-order valence-electron chi connectivity index (χ4n) is 2.33. The molecular weight excluding hydrogens is 314 g/mol. The van der Waals surface area contributed by atoms with Crippen LogP contribution in [-0.4, -0.2) is 20.4 Å². The maximum absolute atomic E-state index is 11.1. The molecule has 0 aliphatic carbocycles. The first-order chi connectivity index (χ1) is 12.1. The van der Waals surface area contributed by atoms with Crippen molar-refractivity contribution in [1.82, 2.24) is 4.98 Å². The standard InChI is InChI=1S/C16H15N3O3S/c1-22-13-6-7-15-14(8-9-18-16(15)10-13)11-2-4-12(5-3-11)19-23(17,20)21/h2-10,19H,1H3,(H2,17,20,21)/i1D3. The number of ether oxygens (including phenoxy) is 1. The Morgan fingerprint density at radius 1 is 1.17 bits per heavy atom. The first-order valence-electron chi connectivity index (χ1n) is 8.09. The predicted molar refractivity (Wildman–Crippen MR) is 90.5 cm³/mol. The molecule has 0 radical (unpaired) electrons. The monoisotopic (exact) mass is 332 g/mol. The van der Waals surface area contributed by atoms with Gasteiger partial charge in [0.1, 0.15) is 5.75 Å². The molecule has 1 aromatic heterocycles. The van der Waals surface area contributed by atoms with Gasteiger partial charge in [-0.25, -0.2) is 5.14 Å². The Bertz CT molecular complexity index is 1050. The van der Waals surface area contributed by atoms with E-state index >= 15 is 0 Å². The van der Waals surface area contributed by atoms with Crippen molar-refractivity contribution >= 4 is 26.8 Å². The number of rotatable bonds is 4. The van der Waals surface area contributed by atoms with Crippen LogP contribution in [0.2, 0.25) is 0 Å². The topological polar surface area (TPSA) is 94.3 Å². The number of benzene rings is 2. The molecule has 0 atom stereocenters. The first-order valence-corrected chi connectivity index (χ1v) is 8.14. The van der Waals surface area contributed by atoms with E-state index in [9.17, 15) is 8.42 Å². The molecule has 3 rings (SSSR count). The molecule has 0 saturated heterocycles. The molecule has 0 unspecified atom stereocenters. The number of methoxy groups -OCH3 is 1. The SMILES string of the molecule is [2H]C([2H])([2H])Oc1ccc2c(-c3ccc(NS(N)(=O)=O)cc3)ccnc2c1. The van der Waals surface area contributed by atoms with Gasteiger partial charge in [-0.2, -0.15) is 8.42 Å². The van der Waals surface area contributed by atoms with Gasteiger partial charge in [-0.3, -0.25) is 9.71 Å². The maximum Gasteiger partial charge on any atom is 0.296 e. The molecule has 0 bridgehead atoms. The summed E-state index contributed by atoms with van der Waals surface area (Å²) in [6.45, 7) is 0. The second-order valence-electron chi connectivity index (χ2n) is 4.86. The molecule has 1 heterocycles. The van der Waals surface area contributed by atoms with E-state index in [0.29, 0.717) is 11.2 Å². The van der Waals surface area contributed by atoms with Crippen molar-refractivity contribution in [3.63, 3.8) is 0 Å². The lowest BCUT2D eigenvalue weighted by Crippen LogP contribution is -2.21. The molecule has 0 aliphatic rings. The van der Waals surface area contributed by atoms with E-state index in [-0.39, 0.29) is 5.75 Å². The lowest BCUT2D eigenvalue weighted by molar-refractivity contribution is 0.415. The summed E-state index contributed by atoms with van der Waals surface area (Å²) in [5.74, 6) is 0.204. The Kier molecular flexibility index (Phi) is 3.03. The van der Waals surface area contributed by atoms with Crippen LogP contribution in [0.15, 0.2) is 54.7 Å². The predicted octanol–water partition coefficient (Wildman–Crippen LogP) is 2.53. The molecule has 0 aliphatic heterocycles. The van der Waals surface area contributed by atoms with Crippen LogP contribution in [0.25, 0.3) is 22.0 Å². The van der Waals surface area contributed by atoms with Crippen LogP contribution in [0, 0.1) is 0 Å². The van der Waals surface area contributed by atoms with Gasteiger partial charge in [-0.05, 0) is 41.5 Å². The highest BCUT2D eigenvalue weighted by Gasteiger charge is 2.07. The Balaban J connectivity index is 1.97. The third-order valence-corrected chi connectivity index (χ3v) is 3.81. The van der Waals surface area contributed by atoms with E-state index in [4.69, 9.17) is 14.0 Å². The number of pyridine rings is 1. The van der Waals surface area contributed by atoms with E-state index in [1.165, 1.54) is 0 Å². The number of fused-ring (bicyclic) bond motifs is 1. The number of aromatic nitrogens is 1. The molecular formula is C16H15N3O3S. The first kappa shape index (κ1) is 11.9. The zero-order valence-corrected chi connectivity index (χ0v) is 12.7. The summed E-state index contributed by atoms with van der Waals surface area (Å²) < 4.78 is 50.7. The molecule has 3 aromatic rings. The molecule has 3 N–H and O–H groups in total. The van der Waals surface area contributed by atoms with Crippen molar-refractivity contribution in [3.05, 3.63) is 54.7 Å². The van der Waals surface area contributed by atoms with Crippen LogP contribution >= 0.6 is 0 Å². The second-order valence-corrected chi connectivity index (χ2v) is 6.16. The summed E-state index contributed by atoms with van der Waals surface area (Å²) in [7, 11) is -6.36. The summed E-state index contributed by atoms with van der Waals surface area (Å²) in [5.41, 5.74) is 2.62. The zero-order chi connectivity index (χ0) is 18.9. The van der Waals surface area contributed by atoms with Gasteiger partial charge in [-0.1, -0.05) is 12.1 Å². The molecule has 0 saturated carbocycles. The number of anilines is 1. The van der Waals surface area contributed by atoms with Crippen molar-refractivity contribution in [2.24, 2.45) is 5.14 Å². The quantitative estimate of drug-likeness (QED) is 0.767. The number of nitrogens with one attached hydrogen (secondary N) is 1. The molecule has 0 fully saturated rings. The van der Waals surface area contributed by atoms with Gasteiger partial charge in [0.25, 0.3) is 10.2 Å².